The molecule has 0 unspecified atom stereocenters. The van der Waals surface area contributed by atoms with Crippen molar-refractivity contribution in [2.24, 2.45) is 0 Å². The summed E-state index contributed by atoms with van der Waals surface area (Å²) in [4.78, 5) is 4.52. The van der Waals surface area contributed by atoms with Crippen LogP contribution in [0.15, 0.2) is 23.0 Å². The van der Waals surface area contributed by atoms with Gasteiger partial charge in [-0.1, -0.05) is 0 Å². The zero-order chi connectivity index (χ0) is 13.5. The molecule has 0 aliphatic heterocycles. The SMILES string of the molecule is CCOCCCn1cc(C)nc1NCc1ccsc1. The minimum atomic E-state index is 0.784. The van der Waals surface area contributed by atoms with E-state index in [0.29, 0.717) is 0 Å². The minimum absolute atomic E-state index is 0.784. The lowest BCUT2D eigenvalue weighted by Crippen LogP contribution is -2.08. The molecule has 0 atom stereocenters. The van der Waals surface area contributed by atoms with Gasteiger partial charge in [0.15, 0.2) is 0 Å². The molecule has 0 spiro atoms. The molecule has 0 fully saturated rings. The van der Waals surface area contributed by atoms with E-state index in [-0.39, 0.29) is 0 Å². The van der Waals surface area contributed by atoms with E-state index in [1.807, 2.05) is 13.8 Å². The molecule has 0 aliphatic rings. The number of hydrogen-bond acceptors (Lipinski definition) is 4. The summed E-state index contributed by atoms with van der Waals surface area (Å²) in [6.07, 6.45) is 3.10. The van der Waals surface area contributed by atoms with Crippen LogP contribution in [0.4, 0.5) is 5.95 Å². The number of ether oxygens (including phenoxy) is 1. The summed E-state index contributed by atoms with van der Waals surface area (Å²) in [7, 11) is 0. The van der Waals surface area contributed by atoms with Gasteiger partial charge in [0, 0.05) is 32.5 Å². The van der Waals surface area contributed by atoms with E-state index in [1.54, 1.807) is 11.3 Å². The molecule has 0 saturated heterocycles. The average Bonchev–Trinajstić information content (AvgIpc) is 3.02. The van der Waals surface area contributed by atoms with Gasteiger partial charge in [-0.25, -0.2) is 4.98 Å². The van der Waals surface area contributed by atoms with Crippen molar-refractivity contribution in [3.63, 3.8) is 0 Å². The lowest BCUT2D eigenvalue weighted by Gasteiger charge is -2.09. The maximum absolute atomic E-state index is 5.37. The van der Waals surface area contributed by atoms with Crippen LogP contribution in [0.1, 0.15) is 24.6 Å². The van der Waals surface area contributed by atoms with Gasteiger partial charge in [0.05, 0.1) is 5.69 Å². The second-order valence-corrected chi connectivity index (χ2v) is 5.21. The van der Waals surface area contributed by atoms with Gasteiger partial charge < -0.3 is 14.6 Å². The van der Waals surface area contributed by atoms with Crippen LogP contribution in [0.25, 0.3) is 0 Å². The number of nitrogens with one attached hydrogen (secondary N) is 1. The van der Waals surface area contributed by atoms with Crippen molar-refractivity contribution in [2.75, 3.05) is 18.5 Å². The highest BCUT2D eigenvalue weighted by molar-refractivity contribution is 7.07. The molecule has 104 valence electrons. The first-order valence-corrected chi connectivity index (χ1v) is 7.60. The van der Waals surface area contributed by atoms with Crippen molar-refractivity contribution < 1.29 is 4.74 Å². The van der Waals surface area contributed by atoms with Crippen LogP contribution in [0.2, 0.25) is 0 Å². The minimum Gasteiger partial charge on any atom is -0.382 e. The number of nitrogens with zero attached hydrogens (tertiary/aromatic N) is 2. The smallest absolute Gasteiger partial charge is 0.203 e. The Balaban J connectivity index is 1.88. The molecule has 0 aromatic carbocycles. The van der Waals surface area contributed by atoms with Crippen molar-refractivity contribution in [1.29, 1.82) is 0 Å². The zero-order valence-electron chi connectivity index (χ0n) is 11.6. The summed E-state index contributed by atoms with van der Waals surface area (Å²) in [6, 6.07) is 2.13. The first kappa shape index (κ1) is 14.1. The van der Waals surface area contributed by atoms with Crippen molar-refractivity contribution >= 4 is 17.3 Å². The third-order valence-corrected chi connectivity index (χ3v) is 3.55. The second-order valence-electron chi connectivity index (χ2n) is 4.43. The summed E-state index contributed by atoms with van der Waals surface area (Å²) < 4.78 is 7.54. The lowest BCUT2D eigenvalue weighted by atomic mass is 10.3. The maximum Gasteiger partial charge on any atom is 0.203 e. The van der Waals surface area contributed by atoms with Gasteiger partial charge in [-0.05, 0) is 42.7 Å². The van der Waals surface area contributed by atoms with E-state index in [4.69, 9.17) is 4.74 Å². The number of thiophene rings is 1. The Morgan fingerprint density at radius 2 is 2.37 bits per heavy atom. The standard InChI is InChI=1S/C14H21N3OS/c1-3-18-7-4-6-17-10-12(2)16-14(17)15-9-13-5-8-19-11-13/h5,8,10-11H,3-4,6-7,9H2,1-2H3,(H,15,16). The van der Waals surface area contributed by atoms with Gasteiger partial charge in [0.2, 0.25) is 5.95 Å². The molecule has 0 radical (unpaired) electrons. The molecule has 0 amide bonds. The van der Waals surface area contributed by atoms with Crippen molar-refractivity contribution in [1.82, 2.24) is 9.55 Å². The summed E-state index contributed by atoms with van der Waals surface area (Å²) >= 11 is 1.72. The molecule has 0 bridgehead atoms. The van der Waals surface area contributed by atoms with Crippen LogP contribution in [0, 0.1) is 6.92 Å². The number of rotatable bonds is 8. The first-order valence-electron chi connectivity index (χ1n) is 6.66. The van der Waals surface area contributed by atoms with E-state index in [9.17, 15) is 0 Å². The Bertz CT molecular complexity index is 479. The largest absolute Gasteiger partial charge is 0.382 e. The number of hydrogen-bond donors (Lipinski definition) is 1. The molecule has 1 N–H and O–H groups in total. The normalized spacial score (nSPS) is 10.8. The average molecular weight is 279 g/mol. The number of aryl methyl sites for hydroxylation is 2. The summed E-state index contributed by atoms with van der Waals surface area (Å²) in [5.41, 5.74) is 2.34. The van der Waals surface area contributed by atoms with Gasteiger partial charge in [-0.15, -0.1) is 0 Å². The highest BCUT2D eigenvalue weighted by atomic mass is 32.1. The van der Waals surface area contributed by atoms with Gasteiger partial charge in [0.1, 0.15) is 0 Å². The van der Waals surface area contributed by atoms with Crippen molar-refractivity contribution in [3.8, 4) is 0 Å². The van der Waals surface area contributed by atoms with Crippen molar-refractivity contribution in [2.45, 2.75) is 33.4 Å². The monoisotopic (exact) mass is 279 g/mol. The second kappa shape index (κ2) is 7.31. The number of anilines is 1. The van der Waals surface area contributed by atoms with Crippen LogP contribution in [-0.2, 0) is 17.8 Å². The fraction of sp³-hybridized carbons (Fsp3) is 0.500. The van der Waals surface area contributed by atoms with Crippen LogP contribution in [0.5, 0.6) is 0 Å². The molecule has 0 aliphatic carbocycles. The first-order chi connectivity index (χ1) is 9.29. The van der Waals surface area contributed by atoms with Crippen LogP contribution in [0.3, 0.4) is 0 Å². The summed E-state index contributed by atoms with van der Waals surface area (Å²) in [6.45, 7) is 7.39. The van der Waals surface area contributed by atoms with E-state index >= 15 is 0 Å². The van der Waals surface area contributed by atoms with Gasteiger partial charge in [0.25, 0.3) is 0 Å². The molecule has 5 heteroatoms. The van der Waals surface area contributed by atoms with Crippen LogP contribution < -0.4 is 5.32 Å². The molecular weight excluding hydrogens is 258 g/mol. The van der Waals surface area contributed by atoms with Gasteiger partial charge >= 0.3 is 0 Å². The number of imidazole rings is 1. The molecule has 2 aromatic heterocycles. The Hall–Kier alpha value is -1.33. The van der Waals surface area contributed by atoms with E-state index in [2.05, 4.69) is 37.9 Å². The third kappa shape index (κ3) is 4.36. The van der Waals surface area contributed by atoms with E-state index in [0.717, 1.165) is 44.4 Å². The zero-order valence-corrected chi connectivity index (χ0v) is 12.4. The molecular formula is C14H21N3OS. The Kier molecular flexibility index (Phi) is 5.42. The third-order valence-electron chi connectivity index (χ3n) is 2.82. The highest BCUT2D eigenvalue weighted by Crippen LogP contribution is 2.12. The topological polar surface area (TPSA) is 39.1 Å². The van der Waals surface area contributed by atoms with E-state index in [1.165, 1.54) is 5.56 Å². The summed E-state index contributed by atoms with van der Waals surface area (Å²) in [5.74, 6) is 0.945. The highest BCUT2D eigenvalue weighted by Gasteiger charge is 2.05. The lowest BCUT2D eigenvalue weighted by molar-refractivity contribution is 0.142. The number of aromatic nitrogens is 2. The molecule has 2 aromatic rings. The fourth-order valence-electron chi connectivity index (χ4n) is 1.91. The molecule has 19 heavy (non-hydrogen) atoms. The van der Waals surface area contributed by atoms with E-state index < -0.39 is 0 Å². The molecule has 2 rings (SSSR count). The molecule has 4 nitrogen and oxygen atoms in total. The predicted octanol–water partition coefficient (Wildman–Crippen LogP) is 3.29. The van der Waals surface area contributed by atoms with Crippen LogP contribution >= 0.6 is 11.3 Å². The Morgan fingerprint density at radius 1 is 1.47 bits per heavy atom. The Labute approximate surface area is 118 Å². The summed E-state index contributed by atoms with van der Waals surface area (Å²) in [5, 5.41) is 7.64. The predicted molar refractivity (Wildman–Crippen MR) is 79.7 cm³/mol. The molecule has 0 saturated carbocycles. The maximum atomic E-state index is 5.37. The Morgan fingerprint density at radius 3 is 3.11 bits per heavy atom. The van der Waals surface area contributed by atoms with Gasteiger partial charge in [-0.2, -0.15) is 11.3 Å². The van der Waals surface area contributed by atoms with Crippen molar-refractivity contribution in [3.05, 3.63) is 34.3 Å². The quantitative estimate of drug-likeness (QED) is 0.754. The fourth-order valence-corrected chi connectivity index (χ4v) is 2.58. The molecule has 2 heterocycles. The van der Waals surface area contributed by atoms with Gasteiger partial charge in [-0.3, -0.25) is 0 Å². The van der Waals surface area contributed by atoms with Crippen LogP contribution in [-0.4, -0.2) is 22.8 Å².